The van der Waals surface area contributed by atoms with Crippen LogP contribution in [0.2, 0.25) is 0 Å². The minimum Gasteiger partial charge on any atom is -0.330 e. The zero-order valence-corrected chi connectivity index (χ0v) is 9.72. The highest BCUT2D eigenvalue weighted by Gasteiger charge is 2.33. The van der Waals surface area contributed by atoms with E-state index < -0.39 is 9.84 Å². The van der Waals surface area contributed by atoms with Gasteiger partial charge in [0.1, 0.15) is 0 Å². The quantitative estimate of drug-likeness (QED) is 0.776. The van der Waals surface area contributed by atoms with Gasteiger partial charge in [-0.05, 0) is 31.7 Å². The van der Waals surface area contributed by atoms with Crippen LogP contribution in [0.3, 0.4) is 0 Å². The van der Waals surface area contributed by atoms with E-state index in [1.807, 2.05) is 0 Å². The first-order valence-corrected chi connectivity index (χ1v) is 7.25. The van der Waals surface area contributed by atoms with E-state index in [0.717, 1.165) is 32.1 Å². The number of nitrogens with two attached hydrogens (primary N) is 1. The van der Waals surface area contributed by atoms with Crippen molar-refractivity contribution in [1.29, 1.82) is 0 Å². The first-order valence-electron chi connectivity index (χ1n) is 5.53. The van der Waals surface area contributed by atoms with Crippen LogP contribution in [0.25, 0.3) is 0 Å². The molecule has 14 heavy (non-hydrogen) atoms. The van der Waals surface area contributed by atoms with E-state index >= 15 is 0 Å². The van der Waals surface area contributed by atoms with Crippen LogP contribution in [0.4, 0.5) is 0 Å². The number of hydrogen-bond acceptors (Lipinski definition) is 3. The molecule has 1 aliphatic heterocycles. The highest BCUT2D eigenvalue weighted by molar-refractivity contribution is 7.92. The van der Waals surface area contributed by atoms with Gasteiger partial charge in [0.25, 0.3) is 0 Å². The summed E-state index contributed by atoms with van der Waals surface area (Å²) in [5.74, 6) is 0.670. The van der Waals surface area contributed by atoms with Crippen molar-refractivity contribution in [2.24, 2.45) is 11.7 Å². The fourth-order valence-electron chi connectivity index (χ4n) is 2.38. The molecule has 0 aromatic rings. The van der Waals surface area contributed by atoms with Crippen molar-refractivity contribution in [3.8, 4) is 0 Å². The molecule has 0 saturated carbocycles. The molecule has 0 aliphatic carbocycles. The molecule has 0 aromatic heterocycles. The fraction of sp³-hybridized carbons (Fsp3) is 1.00. The predicted octanol–water partition coefficient (Wildman–Crippen LogP) is 1.33. The minimum absolute atomic E-state index is 0.107. The van der Waals surface area contributed by atoms with Crippen LogP contribution in [-0.2, 0) is 9.84 Å². The molecule has 2 N–H and O–H groups in total. The summed E-state index contributed by atoms with van der Waals surface area (Å²) >= 11 is 0. The summed E-state index contributed by atoms with van der Waals surface area (Å²) in [7, 11) is -2.81. The van der Waals surface area contributed by atoms with E-state index in [-0.39, 0.29) is 11.2 Å². The molecule has 1 rings (SSSR count). The third kappa shape index (κ3) is 2.70. The lowest BCUT2D eigenvalue weighted by Gasteiger charge is -2.29. The summed E-state index contributed by atoms with van der Waals surface area (Å²) in [6.45, 7) is 2.66. The summed E-state index contributed by atoms with van der Waals surface area (Å²) in [4.78, 5) is 0. The Morgan fingerprint density at radius 2 is 2.14 bits per heavy atom. The van der Waals surface area contributed by atoms with Crippen LogP contribution >= 0.6 is 0 Å². The third-order valence-corrected chi connectivity index (χ3v) is 5.62. The van der Waals surface area contributed by atoms with Crippen LogP contribution in [0, 0.1) is 5.92 Å². The summed E-state index contributed by atoms with van der Waals surface area (Å²) < 4.78 is 23.6. The molecule has 4 heteroatoms. The molecular formula is C10H21NO2S. The highest BCUT2D eigenvalue weighted by atomic mass is 32.2. The first-order chi connectivity index (χ1) is 6.61. The summed E-state index contributed by atoms with van der Waals surface area (Å²) in [5, 5.41) is -0.107. The van der Waals surface area contributed by atoms with Crippen molar-refractivity contribution in [2.75, 3.05) is 12.3 Å². The van der Waals surface area contributed by atoms with Crippen LogP contribution in [-0.4, -0.2) is 26.0 Å². The average Bonchev–Trinajstić information content (AvgIpc) is 2.14. The maximum absolute atomic E-state index is 11.8. The molecule has 3 nitrogen and oxygen atoms in total. The van der Waals surface area contributed by atoms with Gasteiger partial charge in [-0.15, -0.1) is 0 Å². The second kappa shape index (κ2) is 5.12. The predicted molar refractivity (Wildman–Crippen MR) is 58.9 cm³/mol. The molecule has 84 valence electrons. The summed E-state index contributed by atoms with van der Waals surface area (Å²) in [6.07, 6.45) is 4.53. The summed E-state index contributed by atoms with van der Waals surface area (Å²) in [6, 6.07) is 0. The van der Waals surface area contributed by atoms with E-state index in [9.17, 15) is 8.42 Å². The van der Waals surface area contributed by atoms with Gasteiger partial charge in [0, 0.05) is 0 Å². The van der Waals surface area contributed by atoms with E-state index in [4.69, 9.17) is 5.73 Å². The second-order valence-corrected chi connectivity index (χ2v) is 6.49. The van der Waals surface area contributed by atoms with Gasteiger partial charge in [-0.25, -0.2) is 8.42 Å². The van der Waals surface area contributed by atoms with Crippen molar-refractivity contribution in [3.63, 3.8) is 0 Å². The first kappa shape index (κ1) is 12.0. The Balaban J connectivity index is 2.71. The van der Waals surface area contributed by atoms with E-state index in [1.54, 1.807) is 0 Å². The number of hydrogen-bond donors (Lipinski definition) is 1. The van der Waals surface area contributed by atoms with Gasteiger partial charge < -0.3 is 5.73 Å². The lowest BCUT2D eigenvalue weighted by molar-refractivity contribution is 0.403. The van der Waals surface area contributed by atoms with Gasteiger partial charge in [-0.2, -0.15) is 0 Å². The molecule has 1 saturated heterocycles. The highest BCUT2D eigenvalue weighted by Crippen LogP contribution is 2.29. The van der Waals surface area contributed by atoms with Crippen molar-refractivity contribution in [3.05, 3.63) is 0 Å². The van der Waals surface area contributed by atoms with E-state index in [1.165, 1.54) is 0 Å². The molecule has 0 bridgehead atoms. The van der Waals surface area contributed by atoms with Gasteiger partial charge >= 0.3 is 0 Å². The summed E-state index contributed by atoms with van der Waals surface area (Å²) in [5.41, 5.74) is 5.51. The SMILES string of the molecule is CCC(CCN)C1CCCCS1(=O)=O. The van der Waals surface area contributed by atoms with Gasteiger partial charge in [-0.1, -0.05) is 19.8 Å². The molecule has 0 aromatic carbocycles. The Bertz CT molecular complexity index is 261. The average molecular weight is 219 g/mol. The Hall–Kier alpha value is -0.0900. The topological polar surface area (TPSA) is 60.2 Å². The molecule has 0 amide bonds. The second-order valence-electron chi connectivity index (χ2n) is 4.15. The molecule has 1 heterocycles. The zero-order chi connectivity index (χ0) is 10.6. The van der Waals surface area contributed by atoms with Crippen molar-refractivity contribution in [1.82, 2.24) is 0 Å². The van der Waals surface area contributed by atoms with Crippen LogP contribution < -0.4 is 5.73 Å². The van der Waals surface area contributed by atoms with E-state index in [0.29, 0.717) is 12.3 Å². The molecule has 2 atom stereocenters. The smallest absolute Gasteiger partial charge is 0.153 e. The van der Waals surface area contributed by atoms with Crippen molar-refractivity contribution >= 4 is 9.84 Å². The van der Waals surface area contributed by atoms with Gasteiger partial charge in [0.2, 0.25) is 0 Å². The maximum Gasteiger partial charge on any atom is 0.153 e. The Morgan fingerprint density at radius 3 is 2.64 bits per heavy atom. The number of rotatable bonds is 4. The lowest BCUT2D eigenvalue weighted by atomic mass is 9.94. The van der Waals surface area contributed by atoms with Crippen molar-refractivity contribution in [2.45, 2.75) is 44.3 Å². The molecule has 0 spiro atoms. The largest absolute Gasteiger partial charge is 0.330 e. The van der Waals surface area contributed by atoms with Gasteiger partial charge in [-0.3, -0.25) is 0 Å². The van der Waals surface area contributed by atoms with Crippen LogP contribution in [0.15, 0.2) is 0 Å². The molecule has 0 radical (unpaired) electrons. The molecular weight excluding hydrogens is 198 g/mol. The van der Waals surface area contributed by atoms with E-state index in [2.05, 4.69) is 6.92 Å². The number of sulfone groups is 1. The Kier molecular flexibility index (Phi) is 4.38. The molecule has 1 aliphatic rings. The Morgan fingerprint density at radius 1 is 1.43 bits per heavy atom. The van der Waals surface area contributed by atoms with Gasteiger partial charge in [0.05, 0.1) is 11.0 Å². The Labute approximate surface area is 87.0 Å². The van der Waals surface area contributed by atoms with Crippen LogP contribution in [0.1, 0.15) is 39.0 Å². The normalized spacial score (nSPS) is 28.6. The standard InChI is InChI=1S/C10H21NO2S/c1-2-9(6-7-11)10-5-3-4-8-14(10,12)13/h9-10H,2-8,11H2,1H3. The zero-order valence-electron chi connectivity index (χ0n) is 8.91. The van der Waals surface area contributed by atoms with Crippen LogP contribution in [0.5, 0.6) is 0 Å². The monoisotopic (exact) mass is 219 g/mol. The maximum atomic E-state index is 11.8. The van der Waals surface area contributed by atoms with Gasteiger partial charge in [0.15, 0.2) is 9.84 Å². The fourth-order valence-corrected chi connectivity index (χ4v) is 4.73. The molecule has 2 unspecified atom stereocenters. The lowest BCUT2D eigenvalue weighted by Crippen LogP contribution is -2.35. The third-order valence-electron chi connectivity index (χ3n) is 3.22. The molecule has 1 fully saturated rings. The minimum atomic E-state index is -2.81. The van der Waals surface area contributed by atoms with Crippen molar-refractivity contribution < 1.29 is 8.42 Å².